The number of fused-ring (bicyclic) bond motifs is 1. The van der Waals surface area contributed by atoms with Crippen LogP contribution in [0.4, 0.5) is 4.39 Å². The van der Waals surface area contributed by atoms with Crippen LogP contribution in [0.5, 0.6) is 0 Å². The number of carbonyl (C=O) groups is 1. The molecule has 0 aliphatic heterocycles. The van der Waals surface area contributed by atoms with Gasteiger partial charge in [-0.25, -0.2) is 4.39 Å². The van der Waals surface area contributed by atoms with Crippen molar-refractivity contribution >= 4 is 27.5 Å². The predicted octanol–water partition coefficient (Wildman–Crippen LogP) is 4.22. The largest absolute Gasteiger partial charge is 0.316 e. The Morgan fingerprint density at radius 3 is 2.57 bits per heavy atom. The molecule has 0 saturated carbocycles. The van der Waals surface area contributed by atoms with Gasteiger partial charge in [0.15, 0.2) is 4.80 Å². The van der Waals surface area contributed by atoms with Gasteiger partial charge >= 0.3 is 0 Å². The van der Waals surface area contributed by atoms with Crippen molar-refractivity contribution in [3.8, 4) is 0 Å². The Bertz CT molecular complexity index is 969. The second-order valence-electron chi connectivity index (χ2n) is 5.40. The van der Waals surface area contributed by atoms with Crippen LogP contribution in [-0.4, -0.2) is 10.5 Å². The lowest BCUT2D eigenvalue weighted by molar-refractivity contribution is 0.0994. The lowest BCUT2D eigenvalue weighted by Crippen LogP contribution is -2.16. The average Bonchev–Trinajstić information content (AvgIpc) is 2.90. The average molecular weight is 328 g/mol. The molecule has 23 heavy (non-hydrogen) atoms. The van der Waals surface area contributed by atoms with Crippen molar-refractivity contribution in [1.29, 1.82) is 0 Å². The molecule has 1 heterocycles. The van der Waals surface area contributed by atoms with Crippen LogP contribution < -0.4 is 4.80 Å². The van der Waals surface area contributed by atoms with Crippen molar-refractivity contribution in [2.75, 3.05) is 0 Å². The zero-order valence-corrected chi connectivity index (χ0v) is 14.1. The number of carbonyl (C=O) groups excluding carboxylic acids is 1. The van der Waals surface area contributed by atoms with Crippen LogP contribution in [0.25, 0.3) is 10.2 Å². The Morgan fingerprint density at radius 1 is 1.17 bits per heavy atom. The monoisotopic (exact) mass is 328 g/mol. The lowest BCUT2D eigenvalue weighted by atomic mass is 10.1. The van der Waals surface area contributed by atoms with Gasteiger partial charge in [-0.1, -0.05) is 35.6 Å². The molecule has 5 heteroatoms. The molecule has 1 aromatic heterocycles. The van der Waals surface area contributed by atoms with E-state index in [0.717, 1.165) is 21.3 Å². The SMILES string of the molecule is CCn1c(=NC(=O)c2ccccc2F)sc2c(C)ccc(C)c21. The molecule has 3 nitrogen and oxygen atoms in total. The number of aryl methyl sites for hydroxylation is 3. The molecule has 0 unspecified atom stereocenters. The minimum absolute atomic E-state index is 0.000975. The molecule has 0 fully saturated rings. The second kappa shape index (κ2) is 6.08. The van der Waals surface area contributed by atoms with Crippen molar-refractivity contribution in [3.05, 3.63) is 63.7 Å². The zero-order chi connectivity index (χ0) is 16.6. The van der Waals surface area contributed by atoms with Gasteiger partial charge in [0.05, 0.1) is 15.8 Å². The van der Waals surface area contributed by atoms with E-state index in [4.69, 9.17) is 0 Å². The first-order valence-electron chi connectivity index (χ1n) is 7.46. The maximum absolute atomic E-state index is 13.8. The van der Waals surface area contributed by atoms with Gasteiger partial charge in [0.1, 0.15) is 5.82 Å². The van der Waals surface area contributed by atoms with Crippen LogP contribution in [0, 0.1) is 19.7 Å². The summed E-state index contributed by atoms with van der Waals surface area (Å²) < 4.78 is 16.9. The number of hydrogen-bond acceptors (Lipinski definition) is 2. The van der Waals surface area contributed by atoms with Crippen molar-refractivity contribution in [2.24, 2.45) is 4.99 Å². The van der Waals surface area contributed by atoms with Gasteiger partial charge in [-0.3, -0.25) is 4.79 Å². The third-order valence-corrected chi connectivity index (χ3v) is 5.06. The van der Waals surface area contributed by atoms with Crippen molar-refractivity contribution < 1.29 is 9.18 Å². The number of rotatable bonds is 2. The highest BCUT2D eigenvalue weighted by molar-refractivity contribution is 7.16. The molecule has 0 atom stereocenters. The highest BCUT2D eigenvalue weighted by atomic mass is 32.1. The maximum Gasteiger partial charge on any atom is 0.282 e. The molecule has 118 valence electrons. The number of aromatic nitrogens is 1. The van der Waals surface area contributed by atoms with E-state index >= 15 is 0 Å². The van der Waals surface area contributed by atoms with Gasteiger partial charge in [-0.05, 0) is 44.0 Å². The van der Waals surface area contributed by atoms with E-state index < -0.39 is 11.7 Å². The summed E-state index contributed by atoms with van der Waals surface area (Å²) >= 11 is 1.47. The van der Waals surface area contributed by atoms with Gasteiger partial charge in [-0.15, -0.1) is 0 Å². The first-order chi connectivity index (χ1) is 11.0. The Balaban J connectivity index is 2.24. The zero-order valence-electron chi connectivity index (χ0n) is 13.3. The van der Waals surface area contributed by atoms with Crippen LogP contribution >= 0.6 is 11.3 Å². The molecule has 0 spiro atoms. The van der Waals surface area contributed by atoms with Gasteiger partial charge in [0.2, 0.25) is 0 Å². The molecule has 0 saturated heterocycles. The molecule has 0 bridgehead atoms. The van der Waals surface area contributed by atoms with E-state index in [0.29, 0.717) is 11.3 Å². The maximum atomic E-state index is 13.8. The van der Waals surface area contributed by atoms with Crippen LogP contribution in [0.2, 0.25) is 0 Å². The number of halogens is 1. The van der Waals surface area contributed by atoms with E-state index in [2.05, 4.69) is 17.1 Å². The summed E-state index contributed by atoms with van der Waals surface area (Å²) in [5.74, 6) is -1.09. The quantitative estimate of drug-likeness (QED) is 0.693. The van der Waals surface area contributed by atoms with E-state index in [-0.39, 0.29) is 5.56 Å². The Morgan fingerprint density at radius 2 is 1.87 bits per heavy atom. The van der Waals surface area contributed by atoms with E-state index in [1.165, 1.54) is 23.5 Å². The van der Waals surface area contributed by atoms with Crippen LogP contribution in [-0.2, 0) is 6.54 Å². The smallest absolute Gasteiger partial charge is 0.282 e. The molecule has 0 N–H and O–H groups in total. The normalized spacial score (nSPS) is 12.1. The summed E-state index contributed by atoms with van der Waals surface area (Å²) in [6.07, 6.45) is 0. The molecule has 3 rings (SSSR count). The van der Waals surface area contributed by atoms with Crippen molar-refractivity contribution in [2.45, 2.75) is 27.3 Å². The van der Waals surface area contributed by atoms with Gasteiger partial charge in [0, 0.05) is 6.54 Å². The molecule has 2 aromatic carbocycles. The Hall–Kier alpha value is -2.27. The topological polar surface area (TPSA) is 34.4 Å². The van der Waals surface area contributed by atoms with Crippen LogP contribution in [0.3, 0.4) is 0 Å². The number of amides is 1. The first kappa shape index (κ1) is 15.6. The molecule has 0 aliphatic carbocycles. The minimum Gasteiger partial charge on any atom is -0.316 e. The first-order valence-corrected chi connectivity index (χ1v) is 8.27. The van der Waals surface area contributed by atoms with E-state index in [9.17, 15) is 9.18 Å². The van der Waals surface area contributed by atoms with Gasteiger partial charge in [0.25, 0.3) is 5.91 Å². The summed E-state index contributed by atoms with van der Waals surface area (Å²) in [5.41, 5.74) is 3.39. The summed E-state index contributed by atoms with van der Waals surface area (Å²) in [4.78, 5) is 17.1. The summed E-state index contributed by atoms with van der Waals surface area (Å²) in [6.45, 7) is 6.80. The third-order valence-electron chi connectivity index (χ3n) is 3.84. The molecular weight excluding hydrogens is 311 g/mol. The Kier molecular flexibility index (Phi) is 4.13. The van der Waals surface area contributed by atoms with Crippen molar-refractivity contribution in [3.63, 3.8) is 0 Å². The van der Waals surface area contributed by atoms with Gasteiger partial charge in [-0.2, -0.15) is 4.99 Å². The van der Waals surface area contributed by atoms with Gasteiger partial charge < -0.3 is 4.57 Å². The second-order valence-corrected chi connectivity index (χ2v) is 6.38. The highest BCUT2D eigenvalue weighted by Crippen LogP contribution is 2.24. The fourth-order valence-corrected chi connectivity index (χ4v) is 3.87. The fraction of sp³-hybridized carbons (Fsp3) is 0.222. The molecule has 1 amide bonds. The molecule has 0 aliphatic rings. The van der Waals surface area contributed by atoms with E-state index in [1.807, 2.05) is 25.3 Å². The highest BCUT2D eigenvalue weighted by Gasteiger charge is 2.13. The minimum atomic E-state index is -0.549. The number of thiazole rings is 1. The summed E-state index contributed by atoms with van der Waals surface area (Å²) in [7, 11) is 0. The predicted molar refractivity (Wildman–Crippen MR) is 91.3 cm³/mol. The lowest BCUT2D eigenvalue weighted by Gasteiger charge is -2.04. The van der Waals surface area contributed by atoms with Crippen molar-refractivity contribution in [1.82, 2.24) is 4.57 Å². The molecule has 3 aromatic rings. The Labute approximate surface area is 137 Å². The van der Waals surface area contributed by atoms with E-state index in [1.54, 1.807) is 12.1 Å². The standard InChI is InChI=1S/C18H17FN2OS/c1-4-21-15-11(2)9-10-12(3)16(15)23-18(21)20-17(22)13-7-5-6-8-14(13)19/h5-10H,4H2,1-3H3. The third kappa shape index (κ3) is 2.72. The van der Waals surface area contributed by atoms with Crippen LogP contribution in [0.1, 0.15) is 28.4 Å². The summed E-state index contributed by atoms with van der Waals surface area (Å²) in [5, 5.41) is 0. The fourth-order valence-electron chi connectivity index (χ4n) is 2.64. The van der Waals surface area contributed by atoms with Crippen LogP contribution in [0.15, 0.2) is 41.4 Å². The number of benzene rings is 2. The molecule has 0 radical (unpaired) electrons. The number of nitrogens with zero attached hydrogens (tertiary/aromatic N) is 2. The molecular formula is C18H17FN2OS. The summed E-state index contributed by atoms with van der Waals surface area (Å²) in [6, 6.07) is 10.1. The number of hydrogen-bond donors (Lipinski definition) is 0.